The highest BCUT2D eigenvalue weighted by Gasteiger charge is 2.42. The number of nitrogens with zero attached hydrogens (tertiary/aromatic N) is 6. The molecule has 1 aliphatic carbocycles. The highest BCUT2D eigenvalue weighted by molar-refractivity contribution is 7.13. The topological polar surface area (TPSA) is 91.3 Å². The molecule has 4 heterocycles. The lowest BCUT2D eigenvalue weighted by Gasteiger charge is -2.35. The Morgan fingerprint density at radius 2 is 1.93 bits per heavy atom. The molecule has 0 amide bonds. The molecule has 10 heteroatoms. The lowest BCUT2D eigenvalue weighted by molar-refractivity contribution is -0.0276. The van der Waals surface area contributed by atoms with Crippen LogP contribution in [-0.2, 0) is 4.74 Å². The minimum atomic E-state index is 0.193. The van der Waals surface area contributed by atoms with Crippen molar-refractivity contribution in [3.63, 3.8) is 0 Å². The summed E-state index contributed by atoms with van der Waals surface area (Å²) in [6, 6.07) is 2.84. The van der Waals surface area contributed by atoms with Gasteiger partial charge in [-0.25, -0.2) is 15.4 Å². The van der Waals surface area contributed by atoms with Gasteiger partial charge in [0.2, 0.25) is 5.13 Å². The van der Waals surface area contributed by atoms with Crippen molar-refractivity contribution in [2.45, 2.75) is 57.4 Å². The molecule has 0 spiro atoms. The van der Waals surface area contributed by atoms with E-state index in [-0.39, 0.29) is 12.1 Å². The second-order valence-electron chi connectivity index (χ2n) is 8.65. The van der Waals surface area contributed by atoms with Crippen molar-refractivity contribution < 1.29 is 4.74 Å². The van der Waals surface area contributed by atoms with Crippen LogP contribution < -0.4 is 20.7 Å². The van der Waals surface area contributed by atoms with E-state index < -0.39 is 0 Å². The van der Waals surface area contributed by atoms with Gasteiger partial charge in [-0.3, -0.25) is 5.43 Å². The first-order valence-electron chi connectivity index (χ1n) is 10.9. The lowest BCUT2D eigenvalue weighted by Crippen LogP contribution is -2.47. The van der Waals surface area contributed by atoms with E-state index in [0.717, 1.165) is 62.1 Å². The lowest BCUT2D eigenvalue weighted by atomic mass is 9.79. The number of rotatable bonds is 5. The summed E-state index contributed by atoms with van der Waals surface area (Å²) in [5.74, 6) is 1.49. The van der Waals surface area contributed by atoms with Gasteiger partial charge >= 0.3 is 0 Å². The molecule has 0 aromatic carbocycles. The maximum Gasteiger partial charge on any atom is 0.208 e. The number of hydrogen-bond acceptors (Lipinski definition) is 10. The van der Waals surface area contributed by atoms with E-state index >= 15 is 0 Å². The van der Waals surface area contributed by atoms with Crippen LogP contribution in [0.1, 0.15) is 44.8 Å². The van der Waals surface area contributed by atoms with Crippen LogP contribution >= 0.6 is 11.3 Å². The van der Waals surface area contributed by atoms with Crippen molar-refractivity contribution in [3.8, 4) is 0 Å². The Hall–Kier alpha value is -1.88. The molecule has 2 aliphatic heterocycles. The third-order valence-corrected chi connectivity index (χ3v) is 7.13. The average molecular weight is 431 g/mol. The number of fused-ring (bicyclic) bond motifs is 1. The van der Waals surface area contributed by atoms with Crippen LogP contribution in [0.3, 0.4) is 0 Å². The molecular formula is C20H30N8OS. The van der Waals surface area contributed by atoms with Crippen LogP contribution in [0, 0.1) is 5.92 Å². The maximum absolute atomic E-state index is 6.13. The summed E-state index contributed by atoms with van der Waals surface area (Å²) in [6.07, 6.45) is 5.64. The standard InChI is InChI=1S/C20H30N8OS/c1-13(2)29-14-3-4-16-15(9-14)19(25-24-16)17-10-18(22-11-21-17)27-5-7-28(8-6-27)20-26-23-12-30-20/h10-16,19,24-25H,3-9H2,1-2H3. The van der Waals surface area contributed by atoms with Crippen molar-refractivity contribution in [1.82, 2.24) is 31.0 Å². The molecule has 2 aromatic rings. The molecule has 4 unspecified atom stereocenters. The second kappa shape index (κ2) is 8.70. The summed E-state index contributed by atoms with van der Waals surface area (Å²) in [5.41, 5.74) is 9.87. The van der Waals surface area contributed by atoms with E-state index in [1.165, 1.54) is 0 Å². The number of anilines is 2. The van der Waals surface area contributed by atoms with E-state index in [0.29, 0.717) is 18.1 Å². The zero-order valence-corrected chi connectivity index (χ0v) is 18.4. The first-order valence-corrected chi connectivity index (χ1v) is 11.8. The zero-order valence-electron chi connectivity index (χ0n) is 17.6. The first-order chi connectivity index (χ1) is 14.7. The molecule has 30 heavy (non-hydrogen) atoms. The summed E-state index contributed by atoms with van der Waals surface area (Å²) in [6.45, 7) is 7.94. The SMILES string of the molecule is CC(C)OC1CCC2NNC(c3cc(N4CCN(c5nncs5)CC4)ncn3)C2C1. The third kappa shape index (κ3) is 4.14. The van der Waals surface area contributed by atoms with Gasteiger partial charge in [0.05, 0.1) is 23.9 Å². The molecule has 5 rings (SSSR count). The fourth-order valence-electron chi connectivity index (χ4n) is 4.95. The molecule has 0 bridgehead atoms. The van der Waals surface area contributed by atoms with Gasteiger partial charge < -0.3 is 14.5 Å². The molecular weight excluding hydrogens is 400 g/mol. The molecule has 4 atom stereocenters. The number of nitrogens with one attached hydrogen (secondary N) is 2. The van der Waals surface area contributed by atoms with Crippen molar-refractivity contribution in [2.24, 2.45) is 5.92 Å². The summed E-state index contributed by atoms with van der Waals surface area (Å²) >= 11 is 1.59. The van der Waals surface area contributed by atoms with E-state index in [2.05, 4.69) is 60.7 Å². The monoisotopic (exact) mass is 430 g/mol. The van der Waals surface area contributed by atoms with E-state index in [1.807, 2.05) is 0 Å². The highest BCUT2D eigenvalue weighted by Crippen LogP contribution is 2.39. The van der Waals surface area contributed by atoms with Gasteiger partial charge in [-0.1, -0.05) is 11.3 Å². The van der Waals surface area contributed by atoms with Crippen LogP contribution in [0.5, 0.6) is 0 Å². The third-order valence-electron chi connectivity index (χ3n) is 6.38. The number of ether oxygens (including phenoxy) is 1. The normalized spacial score (nSPS) is 29.4. The van der Waals surface area contributed by atoms with Crippen LogP contribution in [0.15, 0.2) is 17.9 Å². The van der Waals surface area contributed by atoms with Gasteiger partial charge in [0.15, 0.2) is 0 Å². The van der Waals surface area contributed by atoms with Gasteiger partial charge in [0, 0.05) is 44.2 Å². The predicted octanol–water partition coefficient (Wildman–Crippen LogP) is 1.77. The highest BCUT2D eigenvalue weighted by atomic mass is 32.1. The Labute approximate surface area is 181 Å². The smallest absolute Gasteiger partial charge is 0.208 e. The van der Waals surface area contributed by atoms with Crippen LogP contribution in [0.25, 0.3) is 0 Å². The molecule has 1 saturated carbocycles. The van der Waals surface area contributed by atoms with Gasteiger partial charge in [0.25, 0.3) is 0 Å². The van der Waals surface area contributed by atoms with Crippen LogP contribution in [0.2, 0.25) is 0 Å². The molecule has 162 valence electrons. The first kappa shape index (κ1) is 20.0. The Kier molecular flexibility index (Phi) is 5.81. The van der Waals surface area contributed by atoms with Gasteiger partial charge in [-0.15, -0.1) is 10.2 Å². The summed E-state index contributed by atoms with van der Waals surface area (Å²) in [7, 11) is 0. The van der Waals surface area contributed by atoms with Crippen LogP contribution in [-0.4, -0.2) is 64.6 Å². The maximum atomic E-state index is 6.13. The summed E-state index contributed by atoms with van der Waals surface area (Å²) in [5, 5.41) is 9.15. The fraction of sp³-hybridized carbons (Fsp3) is 0.700. The van der Waals surface area contributed by atoms with Crippen molar-refractivity contribution in [3.05, 3.63) is 23.6 Å². The molecule has 2 aromatic heterocycles. The minimum absolute atomic E-state index is 0.193. The van der Waals surface area contributed by atoms with E-state index in [9.17, 15) is 0 Å². The molecule has 9 nitrogen and oxygen atoms in total. The Bertz CT molecular complexity index is 826. The Balaban J connectivity index is 1.26. The number of hydrogen-bond donors (Lipinski definition) is 2. The number of hydrazine groups is 1. The minimum Gasteiger partial charge on any atom is -0.376 e. The predicted molar refractivity (Wildman–Crippen MR) is 117 cm³/mol. The molecule has 2 N–H and O–H groups in total. The summed E-state index contributed by atoms with van der Waals surface area (Å²) < 4.78 is 6.13. The van der Waals surface area contributed by atoms with Gasteiger partial charge in [-0.05, 0) is 33.1 Å². The Morgan fingerprint density at radius 1 is 1.10 bits per heavy atom. The van der Waals surface area contributed by atoms with Crippen molar-refractivity contribution in [2.75, 3.05) is 36.0 Å². The molecule has 0 radical (unpaired) electrons. The van der Waals surface area contributed by atoms with E-state index in [4.69, 9.17) is 4.74 Å². The molecule has 3 aliphatic rings. The summed E-state index contributed by atoms with van der Waals surface area (Å²) in [4.78, 5) is 13.9. The molecule has 3 fully saturated rings. The average Bonchev–Trinajstić information content (AvgIpc) is 3.44. The zero-order chi connectivity index (χ0) is 20.5. The fourth-order valence-corrected chi connectivity index (χ4v) is 5.57. The van der Waals surface area contributed by atoms with Crippen molar-refractivity contribution in [1.29, 1.82) is 0 Å². The Morgan fingerprint density at radius 3 is 2.70 bits per heavy atom. The van der Waals surface area contributed by atoms with Crippen molar-refractivity contribution >= 4 is 22.3 Å². The van der Waals surface area contributed by atoms with E-state index in [1.54, 1.807) is 23.2 Å². The van der Waals surface area contributed by atoms with Gasteiger partial charge in [-0.2, -0.15) is 0 Å². The largest absolute Gasteiger partial charge is 0.376 e. The number of aromatic nitrogens is 4. The van der Waals surface area contributed by atoms with Crippen LogP contribution in [0.4, 0.5) is 10.9 Å². The van der Waals surface area contributed by atoms with Gasteiger partial charge in [0.1, 0.15) is 17.7 Å². The number of piperazine rings is 1. The second-order valence-corrected chi connectivity index (χ2v) is 9.46. The quantitative estimate of drug-likeness (QED) is 0.736. The molecule has 2 saturated heterocycles.